The number of nitrogens with zero attached hydrogens (tertiary/aromatic N) is 2. The van der Waals surface area contributed by atoms with Gasteiger partial charge in [0.25, 0.3) is 0 Å². The largest absolute Gasteiger partial charge is 0.315 e. The SMILES string of the molecule is CN(N)C(=O)C(C)(C)c1ccc2c(c1)CC(=O)N2C. The van der Waals surface area contributed by atoms with Gasteiger partial charge < -0.3 is 4.90 Å². The standard InChI is InChI=1S/C14H19N3O2/c1-14(2,13(19)17(4)15)10-5-6-11-9(7-10)8-12(18)16(11)3/h5-7H,8,15H2,1-4H3. The summed E-state index contributed by atoms with van der Waals surface area (Å²) in [5.74, 6) is 5.45. The minimum atomic E-state index is -0.706. The molecule has 1 heterocycles. The lowest BCUT2D eigenvalue weighted by molar-refractivity contribution is -0.135. The number of carbonyl (C=O) groups is 2. The molecule has 0 saturated carbocycles. The van der Waals surface area contributed by atoms with Crippen molar-refractivity contribution in [2.24, 2.45) is 5.84 Å². The first-order valence-electron chi connectivity index (χ1n) is 6.18. The number of hydrogen-bond donors (Lipinski definition) is 1. The first-order chi connectivity index (χ1) is 8.75. The molecule has 0 aliphatic carbocycles. The predicted octanol–water partition coefficient (Wildman–Crippen LogP) is 0.815. The van der Waals surface area contributed by atoms with E-state index in [9.17, 15) is 9.59 Å². The fraction of sp³-hybridized carbons (Fsp3) is 0.429. The maximum atomic E-state index is 12.1. The van der Waals surface area contributed by atoms with Crippen LogP contribution in [0.4, 0.5) is 5.69 Å². The van der Waals surface area contributed by atoms with Crippen molar-refractivity contribution >= 4 is 17.5 Å². The second-order valence-corrected chi connectivity index (χ2v) is 5.51. The van der Waals surface area contributed by atoms with Crippen LogP contribution in [0, 0.1) is 0 Å². The van der Waals surface area contributed by atoms with Crippen LogP contribution in [0.2, 0.25) is 0 Å². The lowest BCUT2D eigenvalue weighted by Crippen LogP contribution is -2.45. The van der Waals surface area contributed by atoms with Crippen LogP contribution in [0.3, 0.4) is 0 Å². The van der Waals surface area contributed by atoms with Gasteiger partial charge in [0.2, 0.25) is 11.8 Å². The highest BCUT2D eigenvalue weighted by atomic mass is 16.2. The van der Waals surface area contributed by atoms with Gasteiger partial charge in [-0.25, -0.2) is 5.84 Å². The zero-order valence-electron chi connectivity index (χ0n) is 11.7. The molecular formula is C14H19N3O2. The van der Waals surface area contributed by atoms with Gasteiger partial charge in [0, 0.05) is 19.8 Å². The van der Waals surface area contributed by atoms with Crippen molar-refractivity contribution in [1.29, 1.82) is 0 Å². The van der Waals surface area contributed by atoms with Crippen LogP contribution in [0.25, 0.3) is 0 Å². The number of amides is 2. The van der Waals surface area contributed by atoms with E-state index in [-0.39, 0.29) is 11.8 Å². The molecule has 0 fully saturated rings. The van der Waals surface area contributed by atoms with Crippen LogP contribution in [0.15, 0.2) is 18.2 Å². The first kappa shape index (κ1) is 13.5. The Morgan fingerprint density at radius 2 is 2.05 bits per heavy atom. The highest BCUT2D eigenvalue weighted by molar-refractivity contribution is 6.01. The number of anilines is 1. The van der Waals surface area contributed by atoms with Gasteiger partial charge >= 0.3 is 0 Å². The van der Waals surface area contributed by atoms with Crippen LogP contribution in [0.5, 0.6) is 0 Å². The number of nitrogens with two attached hydrogens (primary N) is 1. The molecule has 0 aromatic heterocycles. The van der Waals surface area contributed by atoms with Crippen molar-refractivity contribution in [3.8, 4) is 0 Å². The molecule has 1 aromatic rings. The Morgan fingerprint density at radius 3 is 2.63 bits per heavy atom. The lowest BCUT2D eigenvalue weighted by atomic mass is 9.82. The predicted molar refractivity (Wildman–Crippen MR) is 73.5 cm³/mol. The van der Waals surface area contributed by atoms with E-state index in [1.807, 2.05) is 32.0 Å². The molecule has 1 aliphatic rings. The molecule has 5 heteroatoms. The van der Waals surface area contributed by atoms with E-state index in [4.69, 9.17) is 5.84 Å². The Hall–Kier alpha value is -1.88. The Balaban J connectivity index is 2.42. The van der Waals surface area contributed by atoms with E-state index in [1.165, 1.54) is 7.05 Å². The normalized spacial score (nSPS) is 14.6. The quantitative estimate of drug-likeness (QED) is 0.487. The number of fused-ring (bicyclic) bond motifs is 1. The minimum absolute atomic E-state index is 0.0761. The summed E-state index contributed by atoms with van der Waals surface area (Å²) >= 11 is 0. The lowest BCUT2D eigenvalue weighted by Gasteiger charge is -2.27. The number of carbonyl (C=O) groups excluding carboxylic acids is 2. The number of hydrogen-bond acceptors (Lipinski definition) is 3. The molecule has 2 amide bonds. The molecular weight excluding hydrogens is 242 g/mol. The van der Waals surface area contributed by atoms with E-state index in [0.29, 0.717) is 6.42 Å². The Labute approximate surface area is 112 Å². The van der Waals surface area contributed by atoms with Crippen LogP contribution in [-0.2, 0) is 21.4 Å². The van der Waals surface area contributed by atoms with Crippen molar-refractivity contribution in [3.63, 3.8) is 0 Å². The first-order valence-corrected chi connectivity index (χ1v) is 6.18. The van der Waals surface area contributed by atoms with Gasteiger partial charge in [0.05, 0.1) is 11.8 Å². The number of benzene rings is 1. The molecule has 1 aliphatic heterocycles. The smallest absolute Gasteiger partial charge is 0.246 e. The van der Waals surface area contributed by atoms with Crippen LogP contribution in [-0.4, -0.2) is 30.9 Å². The molecule has 19 heavy (non-hydrogen) atoms. The molecule has 0 radical (unpaired) electrons. The molecule has 2 N–H and O–H groups in total. The van der Waals surface area contributed by atoms with E-state index in [0.717, 1.165) is 21.8 Å². The third kappa shape index (κ3) is 2.10. The maximum absolute atomic E-state index is 12.1. The molecule has 0 spiro atoms. The average Bonchev–Trinajstić information content (AvgIpc) is 2.63. The number of rotatable bonds is 2. The summed E-state index contributed by atoms with van der Waals surface area (Å²) in [6, 6.07) is 5.70. The van der Waals surface area contributed by atoms with E-state index in [2.05, 4.69) is 0 Å². The summed E-state index contributed by atoms with van der Waals surface area (Å²) in [5.41, 5.74) is 2.04. The van der Waals surface area contributed by atoms with Gasteiger partial charge in [-0.15, -0.1) is 0 Å². The Bertz CT molecular complexity index is 550. The third-order valence-electron chi connectivity index (χ3n) is 3.73. The molecule has 0 atom stereocenters. The van der Waals surface area contributed by atoms with Gasteiger partial charge in [-0.1, -0.05) is 12.1 Å². The summed E-state index contributed by atoms with van der Waals surface area (Å²) in [6.45, 7) is 3.67. The zero-order chi connectivity index (χ0) is 14.4. The fourth-order valence-corrected chi connectivity index (χ4v) is 2.42. The van der Waals surface area contributed by atoms with E-state index < -0.39 is 5.41 Å². The second kappa shape index (κ2) is 4.35. The molecule has 102 valence electrons. The van der Waals surface area contributed by atoms with Crippen LogP contribution >= 0.6 is 0 Å². The number of likely N-dealkylation sites (N-methyl/N-ethyl adjacent to an activating group) is 2. The summed E-state index contributed by atoms with van der Waals surface area (Å²) < 4.78 is 0. The molecule has 0 saturated heterocycles. The minimum Gasteiger partial charge on any atom is -0.315 e. The maximum Gasteiger partial charge on any atom is 0.246 e. The monoisotopic (exact) mass is 261 g/mol. The van der Waals surface area contributed by atoms with Gasteiger partial charge in [-0.3, -0.25) is 14.6 Å². The van der Waals surface area contributed by atoms with Gasteiger partial charge in [-0.05, 0) is 31.0 Å². The third-order valence-corrected chi connectivity index (χ3v) is 3.73. The van der Waals surface area contributed by atoms with Gasteiger partial charge in [0.1, 0.15) is 0 Å². The summed E-state index contributed by atoms with van der Waals surface area (Å²) in [4.78, 5) is 25.4. The zero-order valence-corrected chi connectivity index (χ0v) is 11.7. The molecule has 5 nitrogen and oxygen atoms in total. The summed E-state index contributed by atoms with van der Waals surface area (Å²) in [6.07, 6.45) is 0.391. The summed E-state index contributed by atoms with van der Waals surface area (Å²) in [7, 11) is 3.30. The average molecular weight is 261 g/mol. The fourth-order valence-electron chi connectivity index (χ4n) is 2.42. The number of hydrazine groups is 1. The Kier molecular flexibility index (Phi) is 3.10. The molecule has 1 aromatic carbocycles. The van der Waals surface area contributed by atoms with Crippen molar-refractivity contribution < 1.29 is 9.59 Å². The Morgan fingerprint density at radius 1 is 1.42 bits per heavy atom. The van der Waals surface area contributed by atoms with E-state index in [1.54, 1.807) is 11.9 Å². The van der Waals surface area contributed by atoms with Crippen LogP contribution < -0.4 is 10.7 Å². The van der Waals surface area contributed by atoms with Crippen molar-refractivity contribution in [1.82, 2.24) is 5.01 Å². The summed E-state index contributed by atoms with van der Waals surface area (Å²) in [5, 5.41) is 1.10. The van der Waals surface area contributed by atoms with Gasteiger partial charge in [0.15, 0.2) is 0 Å². The van der Waals surface area contributed by atoms with Crippen molar-refractivity contribution in [2.75, 3.05) is 19.0 Å². The van der Waals surface area contributed by atoms with Crippen molar-refractivity contribution in [2.45, 2.75) is 25.7 Å². The second-order valence-electron chi connectivity index (χ2n) is 5.51. The molecule has 0 unspecified atom stereocenters. The molecule has 0 bridgehead atoms. The van der Waals surface area contributed by atoms with Crippen LogP contribution in [0.1, 0.15) is 25.0 Å². The highest BCUT2D eigenvalue weighted by Gasteiger charge is 2.33. The van der Waals surface area contributed by atoms with Gasteiger partial charge in [-0.2, -0.15) is 0 Å². The van der Waals surface area contributed by atoms with Crippen molar-refractivity contribution in [3.05, 3.63) is 29.3 Å². The highest BCUT2D eigenvalue weighted by Crippen LogP contribution is 2.33. The van der Waals surface area contributed by atoms with E-state index >= 15 is 0 Å². The molecule has 2 rings (SSSR count). The topological polar surface area (TPSA) is 66.6 Å².